The van der Waals surface area contributed by atoms with E-state index in [2.05, 4.69) is 15.6 Å². The number of hydrogen-bond acceptors (Lipinski definition) is 4. The van der Waals surface area contributed by atoms with Gasteiger partial charge in [0.2, 0.25) is 0 Å². The number of halogens is 4. The summed E-state index contributed by atoms with van der Waals surface area (Å²) in [7, 11) is 1.58. The van der Waals surface area contributed by atoms with Crippen molar-refractivity contribution in [2.45, 2.75) is 31.1 Å². The molecule has 10 heteroatoms. The summed E-state index contributed by atoms with van der Waals surface area (Å²) >= 11 is 5.91. The summed E-state index contributed by atoms with van der Waals surface area (Å²) < 4.78 is 45.7. The first-order chi connectivity index (χ1) is 17.2. The standard InChI is InChI=1S/C26H26ClF3N4O2/c1-36-21-10-4-17(5-11-21)22-16-34(15-18-3-2-13-31-24(18)26(28,29)30)14-12-23(22)33-25(35)32-20-8-6-19(27)7-9-20/h2-11,13,22-23H,12,14-16H2,1H3,(H2,32,33,35)/t22-,23+/m0/s1. The zero-order chi connectivity index (χ0) is 25.7. The first-order valence-corrected chi connectivity index (χ1v) is 11.8. The second-order valence-electron chi connectivity index (χ2n) is 8.62. The van der Waals surface area contributed by atoms with Crippen LogP contribution in [0.2, 0.25) is 5.02 Å². The topological polar surface area (TPSA) is 66.5 Å². The minimum atomic E-state index is -4.52. The van der Waals surface area contributed by atoms with Crippen LogP contribution >= 0.6 is 11.6 Å². The van der Waals surface area contributed by atoms with Gasteiger partial charge >= 0.3 is 12.2 Å². The van der Waals surface area contributed by atoms with Gasteiger partial charge in [0.25, 0.3) is 0 Å². The molecule has 0 radical (unpaired) electrons. The van der Waals surface area contributed by atoms with Crippen LogP contribution in [0.4, 0.5) is 23.7 Å². The molecule has 1 aromatic heterocycles. The third-order valence-electron chi connectivity index (χ3n) is 6.21. The third-order valence-corrected chi connectivity index (χ3v) is 6.47. The molecule has 3 aromatic rings. The normalized spacial score (nSPS) is 18.5. The van der Waals surface area contributed by atoms with Crippen molar-refractivity contribution >= 4 is 23.3 Å². The van der Waals surface area contributed by atoms with Crippen LogP contribution in [0.1, 0.15) is 29.2 Å². The number of benzene rings is 2. The van der Waals surface area contributed by atoms with Crippen molar-refractivity contribution in [3.05, 3.63) is 88.7 Å². The average Bonchev–Trinajstić information content (AvgIpc) is 2.86. The van der Waals surface area contributed by atoms with E-state index in [1.54, 1.807) is 31.4 Å². The molecule has 0 bridgehead atoms. The number of hydrogen-bond donors (Lipinski definition) is 2. The van der Waals surface area contributed by atoms with Gasteiger partial charge < -0.3 is 15.4 Å². The maximum absolute atomic E-state index is 13.5. The summed E-state index contributed by atoms with van der Waals surface area (Å²) in [6.45, 7) is 1.09. The lowest BCUT2D eigenvalue weighted by Crippen LogP contribution is -2.50. The van der Waals surface area contributed by atoms with Crippen molar-refractivity contribution in [1.82, 2.24) is 15.2 Å². The Morgan fingerprint density at radius 2 is 1.86 bits per heavy atom. The first-order valence-electron chi connectivity index (χ1n) is 11.4. The second-order valence-corrected chi connectivity index (χ2v) is 9.06. The fourth-order valence-corrected chi connectivity index (χ4v) is 4.58. The van der Waals surface area contributed by atoms with Crippen molar-refractivity contribution in [3.63, 3.8) is 0 Å². The number of carbonyl (C=O) groups excluding carboxylic acids is 1. The molecule has 190 valence electrons. The molecule has 36 heavy (non-hydrogen) atoms. The number of anilines is 1. The lowest BCUT2D eigenvalue weighted by atomic mass is 9.85. The number of piperidine rings is 1. The molecule has 0 unspecified atom stereocenters. The van der Waals surface area contributed by atoms with Gasteiger partial charge in [0.1, 0.15) is 11.4 Å². The molecule has 1 fully saturated rings. The monoisotopic (exact) mass is 518 g/mol. The van der Waals surface area contributed by atoms with Gasteiger partial charge in [0.05, 0.1) is 7.11 Å². The van der Waals surface area contributed by atoms with Crippen LogP contribution in [-0.4, -0.2) is 42.2 Å². The molecule has 6 nitrogen and oxygen atoms in total. The van der Waals surface area contributed by atoms with E-state index < -0.39 is 11.9 Å². The maximum Gasteiger partial charge on any atom is 0.433 e. The number of alkyl halides is 3. The number of nitrogens with one attached hydrogen (secondary N) is 2. The fourth-order valence-electron chi connectivity index (χ4n) is 4.46. The molecule has 0 saturated carbocycles. The number of nitrogens with zero attached hydrogens (tertiary/aromatic N) is 2. The number of urea groups is 1. The van der Waals surface area contributed by atoms with Gasteiger partial charge in [0, 0.05) is 48.5 Å². The quantitative estimate of drug-likeness (QED) is 0.424. The van der Waals surface area contributed by atoms with E-state index in [-0.39, 0.29) is 30.1 Å². The highest BCUT2D eigenvalue weighted by molar-refractivity contribution is 6.30. The van der Waals surface area contributed by atoms with Crippen molar-refractivity contribution in [1.29, 1.82) is 0 Å². The highest BCUT2D eigenvalue weighted by Crippen LogP contribution is 2.33. The predicted molar refractivity (Wildman–Crippen MR) is 132 cm³/mol. The molecule has 0 aliphatic carbocycles. The molecule has 2 heterocycles. The Morgan fingerprint density at radius 3 is 2.53 bits per heavy atom. The molecule has 1 saturated heterocycles. The Hall–Kier alpha value is -3.30. The zero-order valence-corrected chi connectivity index (χ0v) is 20.3. The third kappa shape index (κ3) is 6.47. The van der Waals surface area contributed by atoms with E-state index in [9.17, 15) is 18.0 Å². The SMILES string of the molecule is COc1ccc([C@@H]2CN(Cc3cccnc3C(F)(F)F)CC[C@H]2NC(=O)Nc2ccc(Cl)cc2)cc1. The van der Waals surface area contributed by atoms with Gasteiger partial charge in [-0.2, -0.15) is 13.2 Å². The number of carbonyl (C=O) groups is 1. The van der Waals surface area contributed by atoms with E-state index in [1.807, 2.05) is 29.2 Å². The Bertz CT molecular complexity index is 1170. The first kappa shape index (κ1) is 25.8. The Kier molecular flexibility index (Phi) is 8.01. The molecule has 2 N–H and O–H groups in total. The Morgan fingerprint density at radius 1 is 1.14 bits per heavy atom. The second kappa shape index (κ2) is 11.2. The summed E-state index contributed by atoms with van der Waals surface area (Å²) in [4.78, 5) is 18.3. The highest BCUT2D eigenvalue weighted by Gasteiger charge is 2.37. The van der Waals surface area contributed by atoms with Crippen LogP contribution in [0.5, 0.6) is 5.75 Å². The molecular weight excluding hydrogens is 493 g/mol. The van der Waals surface area contributed by atoms with Crippen LogP contribution in [0.25, 0.3) is 0 Å². The summed E-state index contributed by atoms with van der Waals surface area (Å²) in [5, 5.41) is 6.42. The van der Waals surface area contributed by atoms with E-state index in [1.165, 1.54) is 12.1 Å². The Balaban J connectivity index is 1.51. The van der Waals surface area contributed by atoms with E-state index in [4.69, 9.17) is 16.3 Å². The zero-order valence-electron chi connectivity index (χ0n) is 19.6. The van der Waals surface area contributed by atoms with Crippen LogP contribution in [0.15, 0.2) is 66.9 Å². The number of rotatable bonds is 6. The number of methoxy groups -OCH3 is 1. The highest BCUT2D eigenvalue weighted by atomic mass is 35.5. The van der Waals surface area contributed by atoms with Crippen LogP contribution in [0.3, 0.4) is 0 Å². The number of likely N-dealkylation sites (tertiary alicyclic amines) is 1. The van der Waals surface area contributed by atoms with Gasteiger partial charge in [-0.05, 0) is 60.0 Å². The van der Waals surface area contributed by atoms with E-state index >= 15 is 0 Å². The molecule has 1 aliphatic rings. The molecular formula is C26H26ClF3N4O2. The summed E-state index contributed by atoms with van der Waals surface area (Å²) in [6.07, 6.45) is -2.81. The van der Waals surface area contributed by atoms with Gasteiger partial charge in [-0.25, -0.2) is 4.79 Å². The summed E-state index contributed by atoms with van der Waals surface area (Å²) in [5.41, 5.74) is 0.824. The molecule has 2 amide bonds. The fraction of sp³-hybridized carbons (Fsp3) is 0.308. The summed E-state index contributed by atoms with van der Waals surface area (Å²) in [5.74, 6) is 0.549. The molecule has 2 aromatic carbocycles. The van der Waals surface area contributed by atoms with Gasteiger partial charge in [-0.3, -0.25) is 9.88 Å². The van der Waals surface area contributed by atoms with E-state index in [0.717, 1.165) is 11.8 Å². The largest absolute Gasteiger partial charge is 0.497 e. The summed E-state index contributed by atoms with van der Waals surface area (Å²) in [6, 6.07) is 16.7. The molecule has 0 spiro atoms. The van der Waals surface area contributed by atoms with Crippen molar-refractivity contribution < 1.29 is 22.7 Å². The predicted octanol–water partition coefficient (Wildman–Crippen LogP) is 5.94. The van der Waals surface area contributed by atoms with Crippen LogP contribution < -0.4 is 15.4 Å². The van der Waals surface area contributed by atoms with Gasteiger partial charge in [-0.1, -0.05) is 29.8 Å². The number of ether oxygens (including phenoxy) is 1. The van der Waals surface area contributed by atoms with Gasteiger partial charge in [0.15, 0.2) is 0 Å². The average molecular weight is 519 g/mol. The van der Waals surface area contributed by atoms with Crippen molar-refractivity contribution in [2.75, 3.05) is 25.5 Å². The molecule has 4 rings (SSSR count). The van der Waals surface area contributed by atoms with Crippen LogP contribution in [0, 0.1) is 0 Å². The minimum absolute atomic E-state index is 0.110. The maximum atomic E-state index is 13.5. The van der Waals surface area contributed by atoms with Gasteiger partial charge in [-0.15, -0.1) is 0 Å². The molecule has 2 atom stereocenters. The lowest BCUT2D eigenvalue weighted by Gasteiger charge is -2.39. The van der Waals surface area contributed by atoms with Crippen molar-refractivity contribution in [3.8, 4) is 5.75 Å². The van der Waals surface area contributed by atoms with E-state index in [0.29, 0.717) is 36.0 Å². The van der Waals surface area contributed by atoms with Crippen molar-refractivity contribution in [2.24, 2.45) is 0 Å². The smallest absolute Gasteiger partial charge is 0.433 e. The Labute approximate surface area is 212 Å². The number of amides is 2. The number of pyridine rings is 1. The number of aromatic nitrogens is 1. The van der Waals surface area contributed by atoms with Crippen LogP contribution in [-0.2, 0) is 12.7 Å². The lowest BCUT2D eigenvalue weighted by molar-refractivity contribution is -0.142. The minimum Gasteiger partial charge on any atom is -0.497 e. The molecule has 1 aliphatic heterocycles.